The summed E-state index contributed by atoms with van der Waals surface area (Å²) in [6.45, 7) is 6.79. The number of piperidine rings is 1. The summed E-state index contributed by atoms with van der Waals surface area (Å²) in [6.07, 6.45) is 2.38. The first-order valence-corrected chi connectivity index (χ1v) is 10.6. The van der Waals surface area contributed by atoms with Crippen molar-refractivity contribution in [1.29, 1.82) is 0 Å². The lowest BCUT2D eigenvalue weighted by Gasteiger charge is -2.33. The van der Waals surface area contributed by atoms with Crippen molar-refractivity contribution >= 4 is 17.7 Å². The van der Waals surface area contributed by atoms with E-state index in [1.165, 1.54) is 0 Å². The first kappa shape index (κ1) is 21.3. The lowest BCUT2D eigenvalue weighted by molar-refractivity contribution is -0.140. The van der Waals surface area contributed by atoms with Crippen molar-refractivity contribution in [3.8, 4) is 0 Å². The van der Waals surface area contributed by atoms with Crippen LogP contribution in [0.4, 0.5) is 0 Å². The third-order valence-electron chi connectivity index (χ3n) is 5.89. The van der Waals surface area contributed by atoms with Gasteiger partial charge in [0.15, 0.2) is 0 Å². The molecule has 0 atom stereocenters. The van der Waals surface area contributed by atoms with Gasteiger partial charge in [0.2, 0.25) is 17.7 Å². The Morgan fingerprint density at radius 3 is 2.34 bits per heavy atom. The Balaban J connectivity index is 1.41. The Hall–Kier alpha value is -2.41. The molecule has 2 saturated heterocycles. The minimum Gasteiger partial charge on any atom is -0.351 e. The average Bonchev–Trinajstić information content (AvgIpc) is 2.98. The van der Waals surface area contributed by atoms with Crippen LogP contribution in [-0.4, -0.2) is 78.2 Å². The van der Waals surface area contributed by atoms with E-state index in [2.05, 4.69) is 10.2 Å². The van der Waals surface area contributed by atoms with Crippen LogP contribution in [0.15, 0.2) is 30.3 Å². The van der Waals surface area contributed by atoms with E-state index in [0.717, 1.165) is 44.5 Å². The number of nitrogens with one attached hydrogen (secondary N) is 1. The molecule has 3 amide bonds. The highest BCUT2D eigenvalue weighted by atomic mass is 16.2. The van der Waals surface area contributed by atoms with Gasteiger partial charge < -0.3 is 15.1 Å². The quantitative estimate of drug-likeness (QED) is 0.803. The van der Waals surface area contributed by atoms with E-state index < -0.39 is 0 Å². The molecule has 0 unspecified atom stereocenters. The molecule has 3 rings (SSSR count). The smallest absolute Gasteiger partial charge is 0.234 e. The van der Waals surface area contributed by atoms with Gasteiger partial charge in [0.05, 0.1) is 6.54 Å². The van der Waals surface area contributed by atoms with Gasteiger partial charge in [0, 0.05) is 58.7 Å². The second-order valence-corrected chi connectivity index (χ2v) is 8.00. The summed E-state index contributed by atoms with van der Waals surface area (Å²) < 4.78 is 0. The predicted octanol–water partition coefficient (Wildman–Crippen LogP) is 1.10. The average molecular weight is 401 g/mol. The molecule has 2 heterocycles. The maximum absolute atomic E-state index is 12.9. The molecular weight excluding hydrogens is 368 g/mol. The van der Waals surface area contributed by atoms with Crippen molar-refractivity contribution in [2.75, 3.05) is 45.8 Å². The fourth-order valence-electron chi connectivity index (χ4n) is 4.10. The van der Waals surface area contributed by atoms with E-state index >= 15 is 0 Å². The van der Waals surface area contributed by atoms with Crippen molar-refractivity contribution in [2.45, 2.75) is 32.7 Å². The fourth-order valence-corrected chi connectivity index (χ4v) is 4.10. The molecule has 0 spiro atoms. The summed E-state index contributed by atoms with van der Waals surface area (Å²) in [5.74, 6) is 0.340. The molecule has 0 aromatic heterocycles. The van der Waals surface area contributed by atoms with Gasteiger partial charge in [-0.05, 0) is 24.8 Å². The maximum atomic E-state index is 12.9. The minimum atomic E-state index is 0.0187. The number of likely N-dealkylation sites (tertiary alicyclic amines) is 1. The zero-order chi connectivity index (χ0) is 20.6. The van der Waals surface area contributed by atoms with Gasteiger partial charge in [-0.2, -0.15) is 0 Å². The Kier molecular flexibility index (Phi) is 7.63. The first-order valence-electron chi connectivity index (χ1n) is 10.6. The molecule has 29 heavy (non-hydrogen) atoms. The van der Waals surface area contributed by atoms with Crippen molar-refractivity contribution in [3.05, 3.63) is 35.9 Å². The minimum absolute atomic E-state index is 0.0187. The van der Waals surface area contributed by atoms with Crippen molar-refractivity contribution in [1.82, 2.24) is 20.0 Å². The van der Waals surface area contributed by atoms with E-state index in [1.54, 1.807) is 6.92 Å². The number of carbonyl (C=O) groups is 3. The van der Waals surface area contributed by atoms with Gasteiger partial charge >= 0.3 is 0 Å². The Labute approximate surface area is 173 Å². The third kappa shape index (κ3) is 6.29. The van der Waals surface area contributed by atoms with E-state index in [1.807, 2.05) is 40.1 Å². The van der Waals surface area contributed by atoms with Crippen LogP contribution in [0.1, 0.15) is 31.7 Å². The Morgan fingerprint density at radius 1 is 0.931 bits per heavy atom. The summed E-state index contributed by atoms with van der Waals surface area (Å²) in [5.41, 5.74) is 1.09. The van der Waals surface area contributed by atoms with Gasteiger partial charge in [-0.3, -0.25) is 19.3 Å². The molecule has 1 N–H and O–H groups in total. The van der Waals surface area contributed by atoms with Crippen LogP contribution in [0.25, 0.3) is 0 Å². The number of hydrogen-bond donors (Lipinski definition) is 1. The van der Waals surface area contributed by atoms with Gasteiger partial charge in [0.1, 0.15) is 0 Å². The van der Waals surface area contributed by atoms with Crippen molar-refractivity contribution < 1.29 is 14.4 Å². The molecule has 7 nitrogen and oxygen atoms in total. The highest BCUT2D eigenvalue weighted by Crippen LogP contribution is 2.20. The number of amides is 3. The van der Waals surface area contributed by atoms with Crippen LogP contribution < -0.4 is 5.32 Å². The lowest BCUT2D eigenvalue weighted by atomic mass is 9.95. The third-order valence-corrected chi connectivity index (χ3v) is 5.89. The first-order chi connectivity index (χ1) is 14.0. The van der Waals surface area contributed by atoms with Crippen molar-refractivity contribution in [3.63, 3.8) is 0 Å². The molecule has 2 aliphatic rings. The molecule has 0 radical (unpaired) electrons. The van der Waals surface area contributed by atoms with E-state index in [9.17, 15) is 14.4 Å². The summed E-state index contributed by atoms with van der Waals surface area (Å²) >= 11 is 0. The fraction of sp³-hybridized carbons (Fsp3) is 0.591. The monoisotopic (exact) mass is 400 g/mol. The maximum Gasteiger partial charge on any atom is 0.234 e. The number of hydrogen-bond acceptors (Lipinski definition) is 4. The molecule has 7 heteroatoms. The molecule has 0 aliphatic carbocycles. The van der Waals surface area contributed by atoms with E-state index in [-0.39, 0.29) is 23.6 Å². The van der Waals surface area contributed by atoms with Gasteiger partial charge in [-0.15, -0.1) is 0 Å². The lowest BCUT2D eigenvalue weighted by Crippen LogP contribution is -2.45. The van der Waals surface area contributed by atoms with Crippen LogP contribution in [0.5, 0.6) is 0 Å². The molecule has 0 bridgehead atoms. The van der Waals surface area contributed by atoms with Crippen molar-refractivity contribution in [2.24, 2.45) is 5.92 Å². The number of rotatable bonds is 5. The SMILES string of the molecule is CC(=O)N1CCC(C(=O)N2CCCN(CC(=O)NCc3ccccc3)CC2)CC1. The van der Waals surface area contributed by atoms with Crippen LogP contribution in [-0.2, 0) is 20.9 Å². The van der Waals surface area contributed by atoms with Crippen LogP contribution >= 0.6 is 0 Å². The van der Waals surface area contributed by atoms with E-state index in [0.29, 0.717) is 32.7 Å². The molecular formula is C22H32N4O3. The van der Waals surface area contributed by atoms with E-state index in [4.69, 9.17) is 0 Å². The highest BCUT2D eigenvalue weighted by Gasteiger charge is 2.30. The summed E-state index contributed by atoms with van der Waals surface area (Å²) in [7, 11) is 0. The van der Waals surface area contributed by atoms with Gasteiger partial charge in [0.25, 0.3) is 0 Å². The number of benzene rings is 1. The standard InChI is InChI=1S/C22H32N4O3/c1-18(27)25-12-8-20(9-13-25)22(29)26-11-5-10-24(14-15-26)17-21(28)23-16-19-6-3-2-4-7-19/h2-4,6-7,20H,5,8-17H2,1H3,(H,23,28). The zero-order valence-electron chi connectivity index (χ0n) is 17.3. The Bertz CT molecular complexity index is 701. The summed E-state index contributed by atoms with van der Waals surface area (Å²) in [5, 5.41) is 2.97. The number of carbonyl (C=O) groups excluding carboxylic acids is 3. The van der Waals surface area contributed by atoms with Crippen LogP contribution in [0.3, 0.4) is 0 Å². The topological polar surface area (TPSA) is 73.0 Å². The van der Waals surface area contributed by atoms with Crippen LogP contribution in [0.2, 0.25) is 0 Å². The highest BCUT2D eigenvalue weighted by molar-refractivity contribution is 5.80. The van der Waals surface area contributed by atoms with Gasteiger partial charge in [-0.25, -0.2) is 0 Å². The second-order valence-electron chi connectivity index (χ2n) is 8.00. The molecule has 158 valence electrons. The summed E-state index contributed by atoms with van der Waals surface area (Å²) in [4.78, 5) is 42.5. The summed E-state index contributed by atoms with van der Waals surface area (Å²) in [6, 6.07) is 9.88. The molecule has 1 aromatic rings. The number of nitrogens with zero attached hydrogens (tertiary/aromatic N) is 3. The zero-order valence-corrected chi connectivity index (χ0v) is 17.3. The van der Waals surface area contributed by atoms with Crippen LogP contribution in [0, 0.1) is 5.92 Å². The molecule has 2 aliphatic heterocycles. The molecule has 1 aromatic carbocycles. The Morgan fingerprint density at radius 2 is 1.66 bits per heavy atom. The largest absolute Gasteiger partial charge is 0.351 e. The molecule has 0 saturated carbocycles. The molecule has 2 fully saturated rings. The second kappa shape index (κ2) is 10.4. The van der Waals surface area contributed by atoms with Gasteiger partial charge in [-0.1, -0.05) is 30.3 Å². The normalized spacial score (nSPS) is 18.9. The predicted molar refractivity (Wildman–Crippen MR) is 111 cm³/mol.